The number of carbonyl (C=O) groups is 1. The molecule has 1 heterocycles. The Morgan fingerprint density at radius 1 is 1.26 bits per heavy atom. The zero-order valence-corrected chi connectivity index (χ0v) is 14.1. The predicted octanol–water partition coefficient (Wildman–Crippen LogP) is 1.58. The first-order valence-electron chi connectivity index (χ1n) is 8.38. The average molecular weight is 320 g/mol. The molecule has 1 aromatic carbocycles. The number of hydrogen-bond donors (Lipinski definition) is 2. The van der Waals surface area contributed by atoms with E-state index in [0.29, 0.717) is 0 Å². The third-order valence-corrected chi connectivity index (χ3v) is 4.25. The van der Waals surface area contributed by atoms with Gasteiger partial charge in [-0.2, -0.15) is 0 Å². The SMILES string of the molecule is CC(C)C(O)CC(=O)NC(CN1CCOCC1)c1ccccc1. The van der Waals surface area contributed by atoms with E-state index in [4.69, 9.17) is 4.74 Å². The highest BCUT2D eigenvalue weighted by molar-refractivity contribution is 5.77. The maximum atomic E-state index is 12.3. The fourth-order valence-electron chi connectivity index (χ4n) is 2.64. The molecular weight excluding hydrogens is 292 g/mol. The first-order valence-corrected chi connectivity index (χ1v) is 8.38. The Morgan fingerprint density at radius 3 is 2.52 bits per heavy atom. The largest absolute Gasteiger partial charge is 0.392 e. The van der Waals surface area contributed by atoms with Crippen LogP contribution in [0, 0.1) is 5.92 Å². The average Bonchev–Trinajstić information content (AvgIpc) is 2.56. The lowest BCUT2D eigenvalue weighted by molar-refractivity contribution is -0.124. The lowest BCUT2D eigenvalue weighted by Crippen LogP contribution is -2.43. The Kier molecular flexibility index (Phi) is 7.02. The molecule has 5 nitrogen and oxygen atoms in total. The molecule has 2 unspecified atom stereocenters. The molecule has 0 bridgehead atoms. The van der Waals surface area contributed by atoms with Crippen LogP contribution in [0.4, 0.5) is 0 Å². The minimum atomic E-state index is -0.602. The summed E-state index contributed by atoms with van der Waals surface area (Å²) in [5.74, 6) is -0.0246. The monoisotopic (exact) mass is 320 g/mol. The maximum absolute atomic E-state index is 12.3. The van der Waals surface area contributed by atoms with E-state index in [1.165, 1.54) is 0 Å². The molecule has 128 valence electrons. The van der Waals surface area contributed by atoms with Crippen molar-refractivity contribution in [3.63, 3.8) is 0 Å². The Bertz CT molecular complexity index is 472. The van der Waals surface area contributed by atoms with Gasteiger partial charge in [0.05, 0.1) is 31.8 Å². The van der Waals surface area contributed by atoms with E-state index in [2.05, 4.69) is 10.2 Å². The summed E-state index contributed by atoms with van der Waals surface area (Å²) in [6.45, 7) is 7.84. The van der Waals surface area contributed by atoms with Gasteiger partial charge in [0.15, 0.2) is 0 Å². The van der Waals surface area contributed by atoms with Gasteiger partial charge in [0, 0.05) is 19.6 Å². The van der Waals surface area contributed by atoms with E-state index in [0.717, 1.165) is 38.4 Å². The maximum Gasteiger partial charge on any atom is 0.223 e. The number of carbonyl (C=O) groups excluding carboxylic acids is 1. The number of aliphatic hydroxyl groups excluding tert-OH is 1. The molecular formula is C18H28N2O3. The number of hydrogen-bond acceptors (Lipinski definition) is 4. The van der Waals surface area contributed by atoms with E-state index >= 15 is 0 Å². The lowest BCUT2D eigenvalue weighted by Gasteiger charge is -2.31. The molecule has 0 radical (unpaired) electrons. The zero-order chi connectivity index (χ0) is 16.7. The first-order chi connectivity index (χ1) is 11.1. The van der Waals surface area contributed by atoms with Gasteiger partial charge in [-0.05, 0) is 11.5 Å². The fourth-order valence-corrected chi connectivity index (χ4v) is 2.64. The molecule has 0 spiro atoms. The number of morpholine rings is 1. The van der Waals surface area contributed by atoms with Gasteiger partial charge in [0.25, 0.3) is 0 Å². The van der Waals surface area contributed by atoms with Crippen molar-refractivity contribution in [1.82, 2.24) is 10.2 Å². The second kappa shape index (κ2) is 9.01. The molecule has 1 saturated heterocycles. The quantitative estimate of drug-likeness (QED) is 0.801. The van der Waals surface area contributed by atoms with Gasteiger partial charge in [-0.3, -0.25) is 9.69 Å². The van der Waals surface area contributed by atoms with Crippen LogP contribution in [0.5, 0.6) is 0 Å². The molecule has 0 aromatic heterocycles. The van der Waals surface area contributed by atoms with Crippen LogP contribution in [-0.4, -0.2) is 54.9 Å². The third-order valence-electron chi connectivity index (χ3n) is 4.25. The van der Waals surface area contributed by atoms with Crippen LogP contribution in [0.25, 0.3) is 0 Å². The summed E-state index contributed by atoms with van der Waals surface area (Å²) in [5, 5.41) is 13.0. The standard InChI is InChI=1S/C18H28N2O3/c1-14(2)17(21)12-18(22)19-16(15-6-4-3-5-7-15)13-20-8-10-23-11-9-20/h3-7,14,16-17,21H,8-13H2,1-2H3,(H,19,22). The van der Waals surface area contributed by atoms with Crippen molar-refractivity contribution in [2.24, 2.45) is 5.92 Å². The van der Waals surface area contributed by atoms with Crippen molar-refractivity contribution >= 4 is 5.91 Å². The summed E-state index contributed by atoms with van der Waals surface area (Å²) >= 11 is 0. The molecule has 0 saturated carbocycles. The van der Waals surface area contributed by atoms with E-state index in [1.807, 2.05) is 44.2 Å². The summed E-state index contributed by atoms with van der Waals surface area (Å²) in [6, 6.07) is 9.93. The van der Waals surface area contributed by atoms with Crippen molar-refractivity contribution in [3.05, 3.63) is 35.9 Å². The molecule has 0 aliphatic carbocycles. The second-order valence-electron chi connectivity index (χ2n) is 6.46. The Hall–Kier alpha value is -1.43. The van der Waals surface area contributed by atoms with E-state index in [-0.39, 0.29) is 24.3 Å². The van der Waals surface area contributed by atoms with Crippen molar-refractivity contribution < 1.29 is 14.6 Å². The van der Waals surface area contributed by atoms with Crippen molar-refractivity contribution in [2.75, 3.05) is 32.8 Å². The van der Waals surface area contributed by atoms with Gasteiger partial charge in [0.1, 0.15) is 0 Å². The molecule has 1 aliphatic heterocycles. The molecule has 1 amide bonds. The summed E-state index contributed by atoms with van der Waals surface area (Å²) in [6.07, 6.45) is -0.459. The highest BCUT2D eigenvalue weighted by atomic mass is 16.5. The number of amides is 1. The van der Waals surface area contributed by atoms with Crippen LogP contribution in [-0.2, 0) is 9.53 Å². The van der Waals surface area contributed by atoms with E-state index in [9.17, 15) is 9.90 Å². The molecule has 2 N–H and O–H groups in total. The lowest BCUT2D eigenvalue weighted by atomic mass is 10.0. The highest BCUT2D eigenvalue weighted by Gasteiger charge is 2.22. The summed E-state index contributed by atoms with van der Waals surface area (Å²) in [5.41, 5.74) is 1.09. The summed E-state index contributed by atoms with van der Waals surface area (Å²) in [7, 11) is 0. The second-order valence-corrected chi connectivity index (χ2v) is 6.46. The molecule has 1 fully saturated rings. The molecule has 23 heavy (non-hydrogen) atoms. The van der Waals surface area contributed by atoms with Crippen molar-refractivity contribution in [1.29, 1.82) is 0 Å². The molecule has 1 aromatic rings. The number of rotatable bonds is 7. The van der Waals surface area contributed by atoms with Gasteiger partial charge in [0.2, 0.25) is 5.91 Å². The Balaban J connectivity index is 1.99. The number of nitrogens with one attached hydrogen (secondary N) is 1. The van der Waals surface area contributed by atoms with Crippen molar-refractivity contribution in [2.45, 2.75) is 32.4 Å². The topological polar surface area (TPSA) is 61.8 Å². The zero-order valence-electron chi connectivity index (χ0n) is 14.1. The highest BCUT2D eigenvalue weighted by Crippen LogP contribution is 2.16. The predicted molar refractivity (Wildman–Crippen MR) is 90.0 cm³/mol. The summed E-state index contributed by atoms with van der Waals surface area (Å²) in [4.78, 5) is 14.6. The number of ether oxygens (including phenoxy) is 1. The number of aliphatic hydroxyl groups is 1. The molecule has 1 aliphatic rings. The van der Waals surface area contributed by atoms with Gasteiger partial charge in [-0.25, -0.2) is 0 Å². The minimum absolute atomic E-state index is 0.0684. The Labute approximate surface area is 138 Å². The van der Waals surface area contributed by atoms with E-state index < -0.39 is 6.10 Å². The van der Waals surface area contributed by atoms with Crippen LogP contribution in [0.3, 0.4) is 0 Å². The van der Waals surface area contributed by atoms with Gasteiger partial charge >= 0.3 is 0 Å². The summed E-state index contributed by atoms with van der Waals surface area (Å²) < 4.78 is 5.38. The minimum Gasteiger partial charge on any atom is -0.392 e. The van der Waals surface area contributed by atoms with Gasteiger partial charge in [-0.15, -0.1) is 0 Å². The third kappa shape index (κ3) is 5.94. The first kappa shape index (κ1) is 17.9. The molecule has 5 heteroatoms. The van der Waals surface area contributed by atoms with Gasteiger partial charge in [-0.1, -0.05) is 44.2 Å². The van der Waals surface area contributed by atoms with Crippen LogP contribution in [0.1, 0.15) is 31.9 Å². The van der Waals surface area contributed by atoms with Crippen LogP contribution < -0.4 is 5.32 Å². The number of benzene rings is 1. The van der Waals surface area contributed by atoms with E-state index in [1.54, 1.807) is 0 Å². The molecule has 2 rings (SSSR count). The molecule has 2 atom stereocenters. The Morgan fingerprint density at radius 2 is 1.91 bits per heavy atom. The smallest absolute Gasteiger partial charge is 0.223 e. The fraction of sp³-hybridized carbons (Fsp3) is 0.611. The van der Waals surface area contributed by atoms with Gasteiger partial charge < -0.3 is 15.2 Å². The van der Waals surface area contributed by atoms with Crippen LogP contribution >= 0.6 is 0 Å². The van der Waals surface area contributed by atoms with Crippen molar-refractivity contribution in [3.8, 4) is 0 Å². The normalized spacial score (nSPS) is 18.6. The number of nitrogens with zero attached hydrogens (tertiary/aromatic N) is 1. The van der Waals surface area contributed by atoms with Crippen LogP contribution in [0.2, 0.25) is 0 Å². The van der Waals surface area contributed by atoms with Crippen LogP contribution in [0.15, 0.2) is 30.3 Å².